The van der Waals surface area contributed by atoms with Crippen LogP contribution in [0.5, 0.6) is 5.75 Å². The van der Waals surface area contributed by atoms with Crippen molar-refractivity contribution < 1.29 is 46.9 Å². The molecular formula is C34H33FN6O9. The van der Waals surface area contributed by atoms with E-state index in [2.05, 4.69) is 27.0 Å². The number of aromatic nitrogens is 1. The molecule has 1 atom stereocenters. The van der Waals surface area contributed by atoms with Gasteiger partial charge in [0.2, 0.25) is 0 Å². The molecule has 4 rings (SSSR count). The summed E-state index contributed by atoms with van der Waals surface area (Å²) in [6.07, 6.45) is -0.804. The highest BCUT2D eigenvalue weighted by atomic mass is 19.1. The van der Waals surface area contributed by atoms with Gasteiger partial charge >= 0.3 is 12.2 Å². The first kappa shape index (κ1) is 36.4. The normalized spacial score (nSPS) is 11.4. The second-order valence-corrected chi connectivity index (χ2v) is 11.4. The van der Waals surface area contributed by atoms with Crippen molar-refractivity contribution in [1.82, 2.24) is 10.3 Å². The van der Waals surface area contributed by atoms with Gasteiger partial charge in [-0.2, -0.15) is 5.26 Å². The fourth-order valence-corrected chi connectivity index (χ4v) is 4.43. The summed E-state index contributed by atoms with van der Waals surface area (Å²) in [6, 6.07) is 15.1. The maximum atomic E-state index is 14.3. The quantitative estimate of drug-likeness (QED) is 0.142. The van der Waals surface area contributed by atoms with Gasteiger partial charge in [-0.25, -0.2) is 19.0 Å². The zero-order chi connectivity index (χ0) is 36.4. The summed E-state index contributed by atoms with van der Waals surface area (Å²) < 4.78 is 40.0. The summed E-state index contributed by atoms with van der Waals surface area (Å²) in [4.78, 5) is 54.5. The first-order valence-electron chi connectivity index (χ1n) is 14.8. The van der Waals surface area contributed by atoms with Crippen LogP contribution in [-0.4, -0.2) is 61.1 Å². The smallest absolute Gasteiger partial charge is 0.408 e. The monoisotopic (exact) mass is 688 g/mol. The van der Waals surface area contributed by atoms with Crippen LogP contribution in [0.4, 0.5) is 25.5 Å². The second kappa shape index (κ2) is 16.1. The number of nitriles is 1. The third-order valence-electron chi connectivity index (χ3n) is 6.50. The van der Waals surface area contributed by atoms with E-state index < -0.39 is 48.1 Å². The molecule has 260 valence electrons. The van der Waals surface area contributed by atoms with Crippen LogP contribution < -0.4 is 26.4 Å². The fourth-order valence-electron chi connectivity index (χ4n) is 4.43. The lowest BCUT2D eigenvalue weighted by atomic mass is 9.97. The number of furan rings is 1. The summed E-state index contributed by atoms with van der Waals surface area (Å²) in [7, 11) is 1.39. The summed E-state index contributed by atoms with van der Waals surface area (Å²) in [5.74, 6) is -2.20. The van der Waals surface area contributed by atoms with Gasteiger partial charge in [0.25, 0.3) is 11.8 Å². The standard InChI is InChI=1S/C34H33FN6O9/c1-34(2,3)50-33(45)40-26(17-48-32(37)44)30(42)38-21-8-5-7-19(13-21)23-15-25(22-11-10-20(35)14-28(22)49-18-46-4)39-29(24(23)16-36)41-31(43)27-9-6-12-47-27/h5-15,26H,17-18H2,1-4H3,(H2,37,44)(H,38,42)(H,40,45)(H,39,41,43)/t26-/m0/s1. The largest absolute Gasteiger partial charge is 0.467 e. The molecule has 2 aromatic carbocycles. The number of rotatable bonds is 12. The van der Waals surface area contributed by atoms with Crippen molar-refractivity contribution in [2.45, 2.75) is 32.4 Å². The third kappa shape index (κ3) is 9.78. The Morgan fingerprint density at radius 3 is 2.48 bits per heavy atom. The number of amides is 4. The topological polar surface area (TPSA) is 217 Å². The van der Waals surface area contributed by atoms with Gasteiger partial charge in [-0.3, -0.25) is 9.59 Å². The number of hydrogen-bond donors (Lipinski definition) is 4. The number of halogens is 1. The molecule has 15 nitrogen and oxygen atoms in total. The van der Waals surface area contributed by atoms with E-state index in [1.807, 2.05) is 0 Å². The average molecular weight is 689 g/mol. The lowest BCUT2D eigenvalue weighted by Gasteiger charge is -2.23. The second-order valence-electron chi connectivity index (χ2n) is 11.4. The number of primary amides is 1. The van der Waals surface area contributed by atoms with Gasteiger partial charge in [0.05, 0.1) is 12.0 Å². The molecule has 4 aromatic rings. The Morgan fingerprint density at radius 1 is 1.04 bits per heavy atom. The molecule has 2 heterocycles. The number of carbonyl (C=O) groups is 4. The van der Waals surface area contributed by atoms with E-state index in [9.17, 15) is 28.8 Å². The van der Waals surface area contributed by atoms with Crippen LogP contribution >= 0.6 is 0 Å². The lowest BCUT2D eigenvalue weighted by Crippen LogP contribution is -2.48. The minimum atomic E-state index is -1.41. The van der Waals surface area contributed by atoms with Crippen molar-refractivity contribution in [2.75, 3.05) is 31.1 Å². The highest BCUT2D eigenvalue weighted by Gasteiger charge is 2.26. The van der Waals surface area contributed by atoms with Gasteiger partial charge in [-0.15, -0.1) is 0 Å². The van der Waals surface area contributed by atoms with Gasteiger partial charge < -0.3 is 45.0 Å². The Hall–Kier alpha value is -6.47. The number of nitrogens with one attached hydrogen (secondary N) is 3. The van der Waals surface area contributed by atoms with E-state index in [-0.39, 0.29) is 46.6 Å². The number of benzene rings is 2. The number of pyridine rings is 1. The number of nitrogens with zero attached hydrogens (tertiary/aromatic N) is 2. The summed E-state index contributed by atoms with van der Waals surface area (Å²) >= 11 is 0. The number of alkyl carbamates (subject to hydrolysis) is 1. The predicted octanol–water partition coefficient (Wildman–Crippen LogP) is 5.18. The van der Waals surface area contributed by atoms with Gasteiger partial charge in [0.1, 0.15) is 41.4 Å². The van der Waals surface area contributed by atoms with E-state index >= 15 is 0 Å². The molecule has 0 aliphatic carbocycles. The van der Waals surface area contributed by atoms with Crippen molar-refractivity contribution in [3.8, 4) is 34.2 Å². The van der Waals surface area contributed by atoms with Crippen molar-refractivity contribution in [3.05, 3.63) is 84.1 Å². The summed E-state index contributed by atoms with van der Waals surface area (Å²) in [5.41, 5.74) is 5.45. The Morgan fingerprint density at radius 2 is 1.82 bits per heavy atom. The summed E-state index contributed by atoms with van der Waals surface area (Å²) in [5, 5.41) is 17.9. The average Bonchev–Trinajstić information content (AvgIpc) is 3.60. The number of carbonyl (C=O) groups excluding carboxylic acids is 4. The van der Waals surface area contributed by atoms with Crippen LogP contribution in [0.2, 0.25) is 0 Å². The molecule has 0 aliphatic rings. The summed E-state index contributed by atoms with van der Waals surface area (Å²) in [6.45, 7) is 4.08. The highest BCUT2D eigenvalue weighted by Crippen LogP contribution is 2.37. The maximum absolute atomic E-state index is 14.3. The Bertz CT molecular complexity index is 1920. The number of hydrogen-bond acceptors (Lipinski definition) is 11. The van der Waals surface area contributed by atoms with Gasteiger partial charge in [-0.1, -0.05) is 12.1 Å². The first-order chi connectivity index (χ1) is 23.8. The highest BCUT2D eigenvalue weighted by molar-refractivity contribution is 6.03. The van der Waals surface area contributed by atoms with Crippen molar-refractivity contribution >= 4 is 35.5 Å². The van der Waals surface area contributed by atoms with E-state index in [0.29, 0.717) is 11.1 Å². The minimum Gasteiger partial charge on any atom is -0.467 e. The van der Waals surface area contributed by atoms with Crippen LogP contribution in [0.25, 0.3) is 22.4 Å². The van der Waals surface area contributed by atoms with Gasteiger partial charge in [-0.05, 0) is 68.8 Å². The van der Waals surface area contributed by atoms with Crippen molar-refractivity contribution in [2.24, 2.45) is 5.73 Å². The molecule has 0 saturated heterocycles. The molecule has 0 saturated carbocycles. The van der Waals surface area contributed by atoms with E-state index in [1.54, 1.807) is 32.9 Å². The zero-order valence-electron chi connectivity index (χ0n) is 27.4. The molecule has 0 bridgehead atoms. The molecule has 0 spiro atoms. The molecule has 16 heteroatoms. The van der Waals surface area contributed by atoms with Crippen LogP contribution in [0.1, 0.15) is 36.9 Å². The van der Waals surface area contributed by atoms with Crippen molar-refractivity contribution in [3.63, 3.8) is 0 Å². The zero-order valence-corrected chi connectivity index (χ0v) is 27.4. The molecule has 2 aromatic heterocycles. The molecule has 0 radical (unpaired) electrons. The molecule has 5 N–H and O–H groups in total. The molecule has 0 unspecified atom stereocenters. The molecule has 50 heavy (non-hydrogen) atoms. The van der Waals surface area contributed by atoms with Gasteiger partial charge in [0.15, 0.2) is 18.4 Å². The van der Waals surface area contributed by atoms with Crippen LogP contribution in [-0.2, 0) is 19.0 Å². The van der Waals surface area contributed by atoms with Crippen LogP contribution in [0, 0.1) is 17.1 Å². The van der Waals surface area contributed by atoms with E-state index in [0.717, 1.165) is 6.07 Å². The van der Waals surface area contributed by atoms with Gasteiger partial charge in [0, 0.05) is 30.0 Å². The Balaban J connectivity index is 1.77. The number of anilines is 2. The molecule has 4 amide bonds. The van der Waals surface area contributed by atoms with E-state index in [1.165, 1.54) is 55.8 Å². The van der Waals surface area contributed by atoms with E-state index in [4.69, 9.17) is 29.1 Å². The number of ether oxygens (including phenoxy) is 4. The third-order valence-corrected chi connectivity index (χ3v) is 6.50. The minimum absolute atomic E-state index is 0.0480. The number of nitrogens with two attached hydrogens (primary N) is 1. The fraction of sp³-hybridized carbons (Fsp3) is 0.235. The Labute approximate surface area is 285 Å². The van der Waals surface area contributed by atoms with Crippen LogP contribution in [0.3, 0.4) is 0 Å². The molecule has 0 aliphatic heterocycles. The Kier molecular flexibility index (Phi) is 11.7. The molecular weight excluding hydrogens is 655 g/mol. The van der Waals surface area contributed by atoms with Crippen molar-refractivity contribution in [1.29, 1.82) is 5.26 Å². The number of methoxy groups -OCH3 is 1. The maximum Gasteiger partial charge on any atom is 0.408 e. The van der Waals surface area contributed by atoms with Crippen LogP contribution in [0.15, 0.2) is 71.3 Å². The lowest BCUT2D eigenvalue weighted by molar-refractivity contribution is -0.119. The first-order valence-corrected chi connectivity index (χ1v) is 14.8. The molecule has 0 fully saturated rings. The predicted molar refractivity (Wildman–Crippen MR) is 176 cm³/mol. The SMILES string of the molecule is COCOc1cc(F)ccc1-c1cc(-c2cccc(NC(=O)[C@H](COC(N)=O)NC(=O)OC(C)(C)C)c2)c(C#N)c(NC(=O)c2ccco2)n1.